The molecule has 1 fully saturated rings. The van der Waals surface area contributed by atoms with Crippen LogP contribution < -0.4 is 16.2 Å². The smallest absolute Gasteiger partial charge is 0.315 e. The first-order valence-electron chi connectivity index (χ1n) is 8.60. The minimum atomic E-state index is -0.366. The van der Waals surface area contributed by atoms with Gasteiger partial charge in [0.15, 0.2) is 0 Å². The van der Waals surface area contributed by atoms with Crippen molar-refractivity contribution in [2.45, 2.75) is 70.7 Å². The Morgan fingerprint density at radius 1 is 1.29 bits per heavy atom. The second-order valence-corrected chi connectivity index (χ2v) is 7.56. The topological polar surface area (TPSA) is 72.4 Å². The number of rotatable bonds is 6. The number of hydrogen-bond acceptors (Lipinski definition) is 3. The zero-order chi connectivity index (χ0) is 17.8. The van der Waals surface area contributed by atoms with Crippen molar-refractivity contribution in [1.82, 2.24) is 15.2 Å². The van der Waals surface area contributed by atoms with Gasteiger partial charge < -0.3 is 19.9 Å². The Kier molecular flexibility index (Phi) is 5.70. The monoisotopic (exact) mass is 335 g/mol. The number of nitrogens with zero attached hydrogens (tertiary/aromatic N) is 1. The summed E-state index contributed by atoms with van der Waals surface area (Å²) in [4.78, 5) is 23.6. The Bertz CT molecular complexity index is 622. The number of carbonyl (C=O) groups excluding carboxylic acids is 1. The molecule has 2 rings (SSSR count). The standard InChI is InChI=1S/C18H29N3O3/c1-17(2)13-14(18(3,4)24-17)20-16(23)19-10-6-8-12-21-11-7-5-9-15(21)22/h5,7,9,11,14H,6,8,10,12-13H2,1-4H3,(H2,19,20,23)/t14-/m1/s1. The molecule has 2 heterocycles. The molecule has 1 aliphatic rings. The van der Waals surface area contributed by atoms with Crippen molar-refractivity contribution in [2.24, 2.45) is 0 Å². The van der Waals surface area contributed by atoms with E-state index in [1.807, 2.05) is 33.8 Å². The summed E-state index contributed by atoms with van der Waals surface area (Å²) in [6.07, 6.45) is 4.25. The first kappa shape index (κ1) is 18.5. The lowest BCUT2D eigenvalue weighted by atomic mass is 9.95. The number of ether oxygens (including phenoxy) is 1. The van der Waals surface area contributed by atoms with Crippen LogP contribution >= 0.6 is 0 Å². The summed E-state index contributed by atoms with van der Waals surface area (Å²) in [6, 6.07) is 4.97. The lowest BCUT2D eigenvalue weighted by molar-refractivity contribution is -0.0690. The molecule has 0 aromatic carbocycles. The first-order chi connectivity index (χ1) is 11.2. The van der Waals surface area contributed by atoms with Crippen molar-refractivity contribution in [3.63, 3.8) is 0 Å². The molecule has 6 heteroatoms. The molecule has 0 aliphatic carbocycles. The van der Waals surface area contributed by atoms with Crippen LogP contribution in [0.1, 0.15) is 47.0 Å². The zero-order valence-corrected chi connectivity index (χ0v) is 15.1. The first-order valence-corrected chi connectivity index (χ1v) is 8.60. The van der Waals surface area contributed by atoms with Crippen LogP contribution in [0, 0.1) is 0 Å². The van der Waals surface area contributed by atoms with Crippen molar-refractivity contribution in [1.29, 1.82) is 0 Å². The van der Waals surface area contributed by atoms with Gasteiger partial charge in [0, 0.05) is 25.4 Å². The molecule has 1 aromatic rings. The van der Waals surface area contributed by atoms with Crippen molar-refractivity contribution in [3.8, 4) is 0 Å². The summed E-state index contributed by atoms with van der Waals surface area (Å²) >= 11 is 0. The molecular weight excluding hydrogens is 306 g/mol. The van der Waals surface area contributed by atoms with Gasteiger partial charge in [-0.05, 0) is 53.0 Å². The number of unbranched alkanes of at least 4 members (excludes halogenated alkanes) is 1. The summed E-state index contributed by atoms with van der Waals surface area (Å²) in [5.74, 6) is 0. The fraction of sp³-hybridized carbons (Fsp3) is 0.667. The molecule has 134 valence electrons. The maximum absolute atomic E-state index is 12.1. The highest BCUT2D eigenvalue weighted by molar-refractivity contribution is 5.74. The maximum atomic E-state index is 12.1. The average Bonchev–Trinajstić information content (AvgIpc) is 2.67. The summed E-state index contributed by atoms with van der Waals surface area (Å²) in [7, 11) is 0. The molecule has 1 aromatic heterocycles. The van der Waals surface area contributed by atoms with E-state index >= 15 is 0 Å². The van der Waals surface area contributed by atoms with Gasteiger partial charge in [-0.25, -0.2) is 4.79 Å². The predicted molar refractivity (Wildman–Crippen MR) is 94.1 cm³/mol. The van der Waals surface area contributed by atoms with Crippen LogP contribution in [0.15, 0.2) is 29.2 Å². The van der Waals surface area contributed by atoms with Crippen LogP contribution in [0.3, 0.4) is 0 Å². The Morgan fingerprint density at radius 2 is 2.04 bits per heavy atom. The van der Waals surface area contributed by atoms with Gasteiger partial charge in [0.2, 0.25) is 5.56 Å². The summed E-state index contributed by atoms with van der Waals surface area (Å²) in [6.45, 7) is 9.35. The van der Waals surface area contributed by atoms with E-state index in [0.717, 1.165) is 19.3 Å². The third-order valence-corrected chi connectivity index (χ3v) is 4.39. The predicted octanol–water partition coefficient (Wildman–Crippen LogP) is 2.27. The lowest BCUT2D eigenvalue weighted by Crippen LogP contribution is -2.49. The van der Waals surface area contributed by atoms with Crippen LogP contribution in [0.2, 0.25) is 0 Å². The number of aryl methyl sites for hydroxylation is 1. The molecule has 0 unspecified atom stereocenters. The molecule has 2 N–H and O–H groups in total. The molecule has 0 bridgehead atoms. The third-order valence-electron chi connectivity index (χ3n) is 4.39. The Balaban J connectivity index is 1.67. The highest BCUT2D eigenvalue weighted by Gasteiger charge is 2.46. The van der Waals surface area contributed by atoms with Gasteiger partial charge >= 0.3 is 6.03 Å². The number of carbonyl (C=O) groups is 1. The normalized spacial score (nSPS) is 21.4. The molecule has 1 atom stereocenters. The minimum Gasteiger partial charge on any atom is -0.367 e. The van der Waals surface area contributed by atoms with Crippen LogP contribution in [0.25, 0.3) is 0 Å². The van der Waals surface area contributed by atoms with E-state index in [1.54, 1.807) is 22.9 Å². The fourth-order valence-electron chi connectivity index (χ4n) is 3.25. The number of amides is 2. The summed E-state index contributed by atoms with van der Waals surface area (Å²) < 4.78 is 7.66. The number of aromatic nitrogens is 1. The maximum Gasteiger partial charge on any atom is 0.315 e. The zero-order valence-electron chi connectivity index (χ0n) is 15.1. The van der Waals surface area contributed by atoms with Crippen molar-refractivity contribution >= 4 is 6.03 Å². The van der Waals surface area contributed by atoms with Gasteiger partial charge in [0.05, 0.1) is 17.2 Å². The van der Waals surface area contributed by atoms with E-state index in [0.29, 0.717) is 13.1 Å². The highest BCUT2D eigenvalue weighted by atomic mass is 16.5. The Morgan fingerprint density at radius 3 is 2.67 bits per heavy atom. The lowest BCUT2D eigenvalue weighted by Gasteiger charge is -2.27. The highest BCUT2D eigenvalue weighted by Crippen LogP contribution is 2.37. The summed E-state index contributed by atoms with van der Waals surface area (Å²) in [5, 5.41) is 5.89. The van der Waals surface area contributed by atoms with E-state index in [9.17, 15) is 9.59 Å². The molecule has 6 nitrogen and oxygen atoms in total. The van der Waals surface area contributed by atoms with Crippen LogP contribution in [0.4, 0.5) is 4.79 Å². The molecule has 0 radical (unpaired) electrons. The largest absolute Gasteiger partial charge is 0.367 e. The quantitative estimate of drug-likeness (QED) is 0.783. The second-order valence-electron chi connectivity index (χ2n) is 7.56. The van der Waals surface area contributed by atoms with Crippen molar-refractivity contribution < 1.29 is 9.53 Å². The minimum absolute atomic E-state index is 0.00426. The molecule has 24 heavy (non-hydrogen) atoms. The molecule has 1 saturated heterocycles. The van der Waals surface area contributed by atoms with E-state index in [1.165, 1.54) is 0 Å². The Labute approximate surface area is 143 Å². The molecule has 0 saturated carbocycles. The van der Waals surface area contributed by atoms with Gasteiger partial charge in [-0.1, -0.05) is 6.07 Å². The van der Waals surface area contributed by atoms with Crippen molar-refractivity contribution in [2.75, 3.05) is 6.54 Å². The van der Waals surface area contributed by atoms with Gasteiger partial charge in [-0.15, -0.1) is 0 Å². The third kappa shape index (κ3) is 5.09. The van der Waals surface area contributed by atoms with E-state index in [-0.39, 0.29) is 28.8 Å². The number of hydrogen-bond donors (Lipinski definition) is 2. The number of urea groups is 1. The van der Waals surface area contributed by atoms with Crippen LogP contribution in [-0.4, -0.2) is 34.4 Å². The summed E-state index contributed by atoms with van der Waals surface area (Å²) in [5.41, 5.74) is -0.575. The van der Waals surface area contributed by atoms with Crippen LogP contribution in [0.5, 0.6) is 0 Å². The van der Waals surface area contributed by atoms with Crippen molar-refractivity contribution in [3.05, 3.63) is 34.7 Å². The van der Waals surface area contributed by atoms with Gasteiger partial charge in [0.25, 0.3) is 0 Å². The SMILES string of the molecule is CC1(C)C[C@@H](NC(=O)NCCCCn2ccccc2=O)C(C)(C)O1. The Hall–Kier alpha value is -1.82. The van der Waals surface area contributed by atoms with E-state index < -0.39 is 0 Å². The second kappa shape index (κ2) is 7.38. The van der Waals surface area contributed by atoms with E-state index in [2.05, 4.69) is 10.6 Å². The molecule has 1 aliphatic heterocycles. The number of pyridine rings is 1. The van der Waals surface area contributed by atoms with E-state index in [4.69, 9.17) is 4.74 Å². The fourth-order valence-corrected chi connectivity index (χ4v) is 3.25. The molecule has 2 amide bonds. The van der Waals surface area contributed by atoms with Gasteiger partial charge in [-0.2, -0.15) is 0 Å². The van der Waals surface area contributed by atoms with Gasteiger partial charge in [0.1, 0.15) is 0 Å². The molecule has 0 spiro atoms. The average molecular weight is 335 g/mol. The van der Waals surface area contributed by atoms with Gasteiger partial charge in [-0.3, -0.25) is 4.79 Å². The van der Waals surface area contributed by atoms with Crippen LogP contribution in [-0.2, 0) is 11.3 Å². The number of nitrogens with one attached hydrogen (secondary N) is 2. The molecular formula is C18H29N3O3.